The molecule has 0 amide bonds. The molecule has 1 aromatic carbocycles. The van der Waals surface area contributed by atoms with E-state index in [9.17, 15) is 0 Å². The number of hydrogen-bond acceptors (Lipinski definition) is 1. The number of hydrogen-bond donors (Lipinski definition) is 0. The van der Waals surface area contributed by atoms with E-state index >= 15 is 0 Å². The quantitative estimate of drug-likeness (QED) is 0.662. The summed E-state index contributed by atoms with van der Waals surface area (Å²) in [5.74, 6) is 2.88. The van der Waals surface area contributed by atoms with Gasteiger partial charge in [0.1, 0.15) is 0 Å². The van der Waals surface area contributed by atoms with Gasteiger partial charge >= 0.3 is 0 Å². The molecule has 0 aliphatic heterocycles. The van der Waals surface area contributed by atoms with Gasteiger partial charge in [0.15, 0.2) is 0 Å². The van der Waals surface area contributed by atoms with Gasteiger partial charge < -0.3 is 0 Å². The standard InChI is InChI=1S/C14H19N/c1-4-12-15(6-3)14(5-2)13-10-8-7-9-11-13/h2,7-11,14H,4,6,12H2,1,3H3. The van der Waals surface area contributed by atoms with E-state index in [2.05, 4.69) is 36.8 Å². The van der Waals surface area contributed by atoms with Gasteiger partial charge in [-0.15, -0.1) is 6.42 Å². The minimum absolute atomic E-state index is 0.121. The first-order valence-electron chi connectivity index (χ1n) is 5.58. The summed E-state index contributed by atoms with van der Waals surface area (Å²) < 4.78 is 0. The molecule has 80 valence electrons. The Balaban J connectivity index is 2.84. The first-order chi connectivity index (χ1) is 7.33. The Morgan fingerprint density at radius 1 is 1.27 bits per heavy atom. The fraction of sp³-hybridized carbons (Fsp3) is 0.429. The van der Waals surface area contributed by atoms with E-state index in [1.165, 1.54) is 5.56 Å². The summed E-state index contributed by atoms with van der Waals surface area (Å²) in [6.45, 7) is 6.39. The van der Waals surface area contributed by atoms with Crippen LogP contribution in [-0.4, -0.2) is 18.0 Å². The van der Waals surface area contributed by atoms with Gasteiger partial charge in [-0.25, -0.2) is 0 Å². The van der Waals surface area contributed by atoms with Gasteiger partial charge in [-0.05, 0) is 25.1 Å². The first-order valence-corrected chi connectivity index (χ1v) is 5.58. The highest BCUT2D eigenvalue weighted by Crippen LogP contribution is 2.19. The van der Waals surface area contributed by atoms with Crippen LogP contribution in [0.4, 0.5) is 0 Å². The molecule has 0 saturated heterocycles. The molecule has 0 aliphatic rings. The van der Waals surface area contributed by atoms with Crippen LogP contribution < -0.4 is 0 Å². The summed E-state index contributed by atoms with van der Waals surface area (Å²) in [7, 11) is 0. The Hall–Kier alpha value is -1.26. The lowest BCUT2D eigenvalue weighted by molar-refractivity contribution is 0.251. The van der Waals surface area contributed by atoms with Crippen LogP contribution in [0.3, 0.4) is 0 Å². The van der Waals surface area contributed by atoms with Crippen molar-refractivity contribution in [1.82, 2.24) is 4.90 Å². The SMILES string of the molecule is C#CC(c1ccccc1)N(CC)CCC. The monoisotopic (exact) mass is 201 g/mol. The molecule has 1 rings (SSSR count). The van der Waals surface area contributed by atoms with Crippen molar-refractivity contribution in [2.24, 2.45) is 0 Å². The van der Waals surface area contributed by atoms with Gasteiger partial charge in [-0.2, -0.15) is 0 Å². The fourth-order valence-electron chi connectivity index (χ4n) is 1.80. The number of terminal acetylenes is 1. The lowest BCUT2D eigenvalue weighted by Gasteiger charge is -2.26. The molecule has 15 heavy (non-hydrogen) atoms. The second kappa shape index (κ2) is 6.27. The molecular formula is C14H19N. The maximum atomic E-state index is 5.62. The topological polar surface area (TPSA) is 3.24 Å². The number of nitrogens with zero attached hydrogens (tertiary/aromatic N) is 1. The molecule has 1 nitrogen and oxygen atoms in total. The molecule has 0 N–H and O–H groups in total. The minimum Gasteiger partial charge on any atom is -0.286 e. The normalized spacial score (nSPS) is 12.4. The first kappa shape index (κ1) is 11.8. The molecule has 1 aromatic rings. The van der Waals surface area contributed by atoms with Crippen molar-refractivity contribution in [3.05, 3.63) is 35.9 Å². The van der Waals surface area contributed by atoms with Crippen molar-refractivity contribution in [1.29, 1.82) is 0 Å². The van der Waals surface area contributed by atoms with Crippen LogP contribution in [0.5, 0.6) is 0 Å². The van der Waals surface area contributed by atoms with E-state index in [1.807, 2.05) is 18.2 Å². The van der Waals surface area contributed by atoms with Crippen LogP contribution in [0.1, 0.15) is 31.9 Å². The van der Waals surface area contributed by atoms with Crippen molar-refractivity contribution in [3.63, 3.8) is 0 Å². The van der Waals surface area contributed by atoms with E-state index < -0.39 is 0 Å². The van der Waals surface area contributed by atoms with Gasteiger partial charge in [-0.1, -0.05) is 50.1 Å². The molecule has 0 radical (unpaired) electrons. The van der Waals surface area contributed by atoms with Crippen LogP contribution in [0.25, 0.3) is 0 Å². The maximum absolute atomic E-state index is 5.62. The van der Waals surface area contributed by atoms with Gasteiger partial charge in [0, 0.05) is 0 Å². The van der Waals surface area contributed by atoms with Crippen molar-refractivity contribution >= 4 is 0 Å². The second-order valence-corrected chi connectivity index (χ2v) is 3.61. The molecule has 0 aliphatic carbocycles. The minimum atomic E-state index is 0.121. The zero-order valence-electron chi connectivity index (χ0n) is 9.61. The Morgan fingerprint density at radius 2 is 1.93 bits per heavy atom. The largest absolute Gasteiger partial charge is 0.286 e. The van der Waals surface area contributed by atoms with Gasteiger partial charge in [-0.3, -0.25) is 4.90 Å². The lowest BCUT2D eigenvalue weighted by atomic mass is 10.1. The molecule has 0 spiro atoms. The predicted molar refractivity (Wildman–Crippen MR) is 65.6 cm³/mol. The summed E-state index contributed by atoms with van der Waals surface area (Å²) in [6.07, 6.45) is 6.76. The molecule has 1 heteroatoms. The zero-order chi connectivity index (χ0) is 11.1. The average molecular weight is 201 g/mol. The third-order valence-corrected chi connectivity index (χ3v) is 2.56. The summed E-state index contributed by atoms with van der Waals surface area (Å²) in [6, 6.07) is 10.4. The fourth-order valence-corrected chi connectivity index (χ4v) is 1.80. The van der Waals surface area contributed by atoms with E-state index in [4.69, 9.17) is 6.42 Å². The highest BCUT2D eigenvalue weighted by molar-refractivity contribution is 5.25. The van der Waals surface area contributed by atoms with Crippen molar-refractivity contribution < 1.29 is 0 Å². The molecule has 0 saturated carbocycles. The summed E-state index contributed by atoms with van der Waals surface area (Å²) >= 11 is 0. The highest BCUT2D eigenvalue weighted by Gasteiger charge is 2.14. The van der Waals surface area contributed by atoms with Crippen LogP contribution in [0.15, 0.2) is 30.3 Å². The molecule has 0 aromatic heterocycles. The van der Waals surface area contributed by atoms with Crippen LogP contribution in [-0.2, 0) is 0 Å². The van der Waals surface area contributed by atoms with E-state index in [0.717, 1.165) is 19.5 Å². The van der Waals surface area contributed by atoms with Crippen LogP contribution in [0, 0.1) is 12.3 Å². The predicted octanol–water partition coefficient (Wildman–Crippen LogP) is 3.09. The zero-order valence-corrected chi connectivity index (χ0v) is 9.61. The summed E-state index contributed by atoms with van der Waals surface area (Å²) in [5.41, 5.74) is 1.22. The molecule has 1 unspecified atom stereocenters. The number of rotatable bonds is 5. The van der Waals surface area contributed by atoms with Gasteiger partial charge in [0.2, 0.25) is 0 Å². The lowest BCUT2D eigenvalue weighted by Crippen LogP contribution is -2.28. The Morgan fingerprint density at radius 3 is 2.40 bits per heavy atom. The van der Waals surface area contributed by atoms with E-state index in [0.29, 0.717) is 0 Å². The smallest absolute Gasteiger partial charge is 0.0968 e. The average Bonchev–Trinajstić information content (AvgIpc) is 2.30. The molecule has 0 bridgehead atoms. The van der Waals surface area contributed by atoms with Crippen LogP contribution in [0.2, 0.25) is 0 Å². The Labute approximate surface area is 93.1 Å². The van der Waals surface area contributed by atoms with E-state index in [1.54, 1.807) is 0 Å². The Bertz CT molecular complexity index is 310. The molecule has 0 fully saturated rings. The Kier molecular flexibility index (Phi) is 4.93. The number of benzene rings is 1. The van der Waals surface area contributed by atoms with Crippen molar-refractivity contribution in [3.8, 4) is 12.3 Å². The molecular weight excluding hydrogens is 182 g/mol. The summed E-state index contributed by atoms with van der Waals surface area (Å²) in [4.78, 5) is 2.33. The molecule has 0 heterocycles. The van der Waals surface area contributed by atoms with Gasteiger partial charge in [0.05, 0.1) is 6.04 Å². The van der Waals surface area contributed by atoms with Crippen molar-refractivity contribution in [2.45, 2.75) is 26.3 Å². The third-order valence-electron chi connectivity index (χ3n) is 2.56. The molecule has 1 atom stereocenters. The summed E-state index contributed by atoms with van der Waals surface area (Å²) in [5, 5.41) is 0. The van der Waals surface area contributed by atoms with Crippen molar-refractivity contribution in [2.75, 3.05) is 13.1 Å². The van der Waals surface area contributed by atoms with E-state index in [-0.39, 0.29) is 6.04 Å². The third kappa shape index (κ3) is 3.11. The maximum Gasteiger partial charge on any atom is 0.0968 e. The van der Waals surface area contributed by atoms with Crippen LogP contribution >= 0.6 is 0 Å². The van der Waals surface area contributed by atoms with Gasteiger partial charge in [0.25, 0.3) is 0 Å². The highest BCUT2D eigenvalue weighted by atomic mass is 15.1. The second-order valence-electron chi connectivity index (χ2n) is 3.61.